The molecule has 2 fully saturated rings. The summed E-state index contributed by atoms with van der Waals surface area (Å²) in [5.74, 6) is -0.0344. The molecule has 0 bridgehead atoms. The maximum atomic E-state index is 13.0. The van der Waals surface area contributed by atoms with Gasteiger partial charge in [0.2, 0.25) is 5.91 Å². The highest BCUT2D eigenvalue weighted by Crippen LogP contribution is 2.40. The summed E-state index contributed by atoms with van der Waals surface area (Å²) in [5.41, 5.74) is 3.40. The van der Waals surface area contributed by atoms with Crippen molar-refractivity contribution in [2.45, 2.75) is 64.3 Å². The number of rotatable bonds is 3. The molecule has 31 heavy (non-hydrogen) atoms. The molecule has 2 amide bonds. The van der Waals surface area contributed by atoms with E-state index in [9.17, 15) is 9.59 Å². The van der Waals surface area contributed by atoms with Crippen molar-refractivity contribution in [2.75, 3.05) is 22.9 Å². The Hall–Kier alpha value is -2.87. The van der Waals surface area contributed by atoms with Gasteiger partial charge in [-0.25, -0.2) is 4.79 Å². The molecule has 1 saturated carbocycles. The Kier molecular flexibility index (Phi) is 4.97. The van der Waals surface area contributed by atoms with E-state index in [1.165, 1.54) is 0 Å². The third-order valence-electron chi connectivity index (χ3n) is 6.79. The Morgan fingerprint density at radius 3 is 2.58 bits per heavy atom. The van der Waals surface area contributed by atoms with Gasteiger partial charge in [0.15, 0.2) is 0 Å². The van der Waals surface area contributed by atoms with Crippen molar-refractivity contribution in [2.24, 2.45) is 0 Å². The number of anilines is 2. The number of carbonyl (C=O) groups is 2. The van der Waals surface area contributed by atoms with Crippen LogP contribution in [0.2, 0.25) is 0 Å². The van der Waals surface area contributed by atoms with Gasteiger partial charge in [0.1, 0.15) is 6.10 Å². The molecule has 5 rings (SSSR count). The van der Waals surface area contributed by atoms with Gasteiger partial charge in [-0.05, 0) is 50.8 Å². The average molecular weight is 424 g/mol. The van der Waals surface area contributed by atoms with Crippen molar-refractivity contribution in [3.8, 4) is 11.1 Å². The third-order valence-corrected chi connectivity index (χ3v) is 6.79. The van der Waals surface area contributed by atoms with Gasteiger partial charge < -0.3 is 15.0 Å². The summed E-state index contributed by atoms with van der Waals surface area (Å²) >= 11 is 0. The normalized spacial score (nSPS) is 25.5. The van der Waals surface area contributed by atoms with Gasteiger partial charge in [-0.1, -0.05) is 6.07 Å². The lowest BCUT2D eigenvalue weighted by Crippen LogP contribution is -2.52. The molecule has 2 aromatic rings. The largest absolute Gasteiger partial charge is 0.446 e. The van der Waals surface area contributed by atoms with Gasteiger partial charge in [-0.2, -0.15) is 5.10 Å². The van der Waals surface area contributed by atoms with Crippen molar-refractivity contribution in [1.29, 1.82) is 0 Å². The summed E-state index contributed by atoms with van der Waals surface area (Å²) in [7, 11) is 0. The summed E-state index contributed by atoms with van der Waals surface area (Å²) in [6.45, 7) is 7.00. The van der Waals surface area contributed by atoms with E-state index in [2.05, 4.69) is 23.5 Å². The molecule has 1 N–H and O–H groups in total. The number of benzene rings is 1. The second-order valence-corrected chi connectivity index (χ2v) is 8.96. The van der Waals surface area contributed by atoms with Gasteiger partial charge >= 0.3 is 6.09 Å². The third kappa shape index (κ3) is 3.48. The van der Waals surface area contributed by atoms with Crippen LogP contribution < -0.4 is 15.1 Å². The van der Waals surface area contributed by atoms with E-state index in [1.807, 2.05) is 36.0 Å². The predicted octanol–water partition coefficient (Wildman–Crippen LogP) is 3.33. The zero-order chi connectivity index (χ0) is 21.7. The van der Waals surface area contributed by atoms with Crippen LogP contribution in [0.3, 0.4) is 0 Å². The Balaban J connectivity index is 1.49. The molecule has 0 spiro atoms. The molecule has 1 aromatic carbocycles. The number of aromatic nitrogens is 2. The fraction of sp³-hybridized carbons (Fsp3) is 0.522. The molecule has 3 atom stereocenters. The molecule has 0 radical (unpaired) electrons. The van der Waals surface area contributed by atoms with Crippen LogP contribution in [0.15, 0.2) is 30.6 Å². The van der Waals surface area contributed by atoms with Gasteiger partial charge in [0.25, 0.3) is 0 Å². The molecule has 3 aliphatic rings. The van der Waals surface area contributed by atoms with Crippen LogP contribution >= 0.6 is 0 Å². The van der Waals surface area contributed by atoms with Gasteiger partial charge in [0, 0.05) is 37.8 Å². The quantitative estimate of drug-likeness (QED) is 0.819. The summed E-state index contributed by atoms with van der Waals surface area (Å²) in [4.78, 5) is 28.8. The number of ether oxygens (including phenoxy) is 1. The van der Waals surface area contributed by atoms with Crippen molar-refractivity contribution in [3.05, 3.63) is 30.6 Å². The Morgan fingerprint density at radius 1 is 1.16 bits per heavy atom. The molecule has 1 aromatic heterocycles. The molecular weight excluding hydrogens is 394 g/mol. The topological polar surface area (TPSA) is 79.7 Å². The highest BCUT2D eigenvalue weighted by Gasteiger charge is 2.36. The molecule has 8 heteroatoms. The summed E-state index contributed by atoms with van der Waals surface area (Å²) < 4.78 is 7.70. The second kappa shape index (κ2) is 7.67. The van der Waals surface area contributed by atoms with E-state index in [-0.39, 0.29) is 24.1 Å². The van der Waals surface area contributed by atoms with Gasteiger partial charge in [-0.3, -0.25) is 14.4 Å². The van der Waals surface area contributed by atoms with Crippen molar-refractivity contribution >= 4 is 23.4 Å². The first-order chi connectivity index (χ1) is 14.9. The lowest BCUT2D eigenvalue weighted by atomic mass is 9.96. The number of nitrogens with one attached hydrogen (secondary N) is 1. The summed E-state index contributed by atoms with van der Waals surface area (Å²) in [6, 6.07) is 6.53. The predicted molar refractivity (Wildman–Crippen MR) is 118 cm³/mol. The first kappa shape index (κ1) is 20.1. The van der Waals surface area contributed by atoms with Gasteiger partial charge in [-0.15, -0.1) is 0 Å². The monoisotopic (exact) mass is 423 g/mol. The fourth-order valence-electron chi connectivity index (χ4n) is 4.60. The van der Waals surface area contributed by atoms with Crippen molar-refractivity contribution < 1.29 is 14.3 Å². The number of amides is 2. The zero-order valence-electron chi connectivity index (χ0n) is 18.2. The summed E-state index contributed by atoms with van der Waals surface area (Å²) in [5, 5.41) is 7.90. The van der Waals surface area contributed by atoms with E-state index in [0.29, 0.717) is 24.3 Å². The Morgan fingerprint density at radius 2 is 1.97 bits per heavy atom. The lowest BCUT2D eigenvalue weighted by Gasteiger charge is -2.41. The van der Waals surface area contributed by atoms with Crippen LogP contribution in [0.25, 0.3) is 11.1 Å². The maximum Gasteiger partial charge on any atom is 0.414 e. The van der Waals surface area contributed by atoms with E-state index in [4.69, 9.17) is 4.74 Å². The number of fused-ring (bicyclic) bond motifs is 1. The minimum Gasteiger partial charge on any atom is -0.446 e. The standard InChI is InChI=1S/C23H29N5O3/c1-14-12-26(23(30)31-19-5-4-6-19)21-9-17(7-8-20(21)28(14)16(3)29)18-10-25-27(13-18)22-11-24-15(22)2/h7-10,13-15,19,22,24H,4-6,11-12H2,1-3H3. The van der Waals surface area contributed by atoms with Crippen LogP contribution in [0, 0.1) is 0 Å². The molecule has 8 nitrogen and oxygen atoms in total. The van der Waals surface area contributed by atoms with Crippen LogP contribution in [0.4, 0.5) is 16.2 Å². The van der Waals surface area contributed by atoms with Crippen molar-refractivity contribution in [3.63, 3.8) is 0 Å². The van der Waals surface area contributed by atoms with Crippen LogP contribution in [0.5, 0.6) is 0 Å². The first-order valence-electron chi connectivity index (χ1n) is 11.1. The van der Waals surface area contributed by atoms with Crippen molar-refractivity contribution in [1.82, 2.24) is 15.1 Å². The van der Waals surface area contributed by atoms with E-state index in [0.717, 1.165) is 42.6 Å². The second-order valence-electron chi connectivity index (χ2n) is 8.96. The summed E-state index contributed by atoms with van der Waals surface area (Å²) in [6.07, 6.45) is 6.55. The lowest BCUT2D eigenvalue weighted by molar-refractivity contribution is -0.117. The van der Waals surface area contributed by atoms with E-state index < -0.39 is 0 Å². The van der Waals surface area contributed by atoms with Crippen LogP contribution in [-0.2, 0) is 9.53 Å². The molecule has 3 unspecified atom stereocenters. The first-order valence-corrected chi connectivity index (χ1v) is 11.1. The smallest absolute Gasteiger partial charge is 0.414 e. The Bertz CT molecular complexity index is 1010. The van der Waals surface area contributed by atoms with Crippen LogP contribution in [-0.4, -0.2) is 53.1 Å². The molecular formula is C23H29N5O3. The van der Waals surface area contributed by atoms with E-state index in [1.54, 1.807) is 16.7 Å². The Labute approximate surface area is 182 Å². The fourth-order valence-corrected chi connectivity index (χ4v) is 4.60. The highest BCUT2D eigenvalue weighted by atomic mass is 16.6. The molecule has 1 saturated heterocycles. The molecule has 164 valence electrons. The molecule has 2 aliphatic heterocycles. The minimum atomic E-state index is -0.330. The SMILES string of the molecule is CC(=O)N1c2ccc(-c3cnn(C4CNC4C)c3)cc2N(C(=O)OC2CCC2)CC1C. The molecule has 1 aliphatic carbocycles. The number of hydrogen-bond acceptors (Lipinski definition) is 5. The van der Waals surface area contributed by atoms with E-state index >= 15 is 0 Å². The number of nitrogens with zero attached hydrogens (tertiary/aromatic N) is 4. The maximum absolute atomic E-state index is 13.0. The zero-order valence-corrected chi connectivity index (χ0v) is 18.2. The van der Waals surface area contributed by atoms with Crippen LogP contribution in [0.1, 0.15) is 46.1 Å². The average Bonchev–Trinajstić information content (AvgIpc) is 3.17. The minimum absolute atomic E-state index is 0.0107. The highest BCUT2D eigenvalue weighted by molar-refractivity contribution is 6.03. The number of hydrogen-bond donors (Lipinski definition) is 1. The van der Waals surface area contributed by atoms with Gasteiger partial charge in [0.05, 0.1) is 29.7 Å². The molecule has 3 heterocycles. The number of carbonyl (C=O) groups excluding carboxylic acids is 2.